The summed E-state index contributed by atoms with van der Waals surface area (Å²) in [4.78, 5) is 7.26. The Balaban J connectivity index is 1.42. The van der Waals surface area contributed by atoms with Crippen molar-refractivity contribution in [2.45, 2.75) is 76.3 Å². The molecule has 0 bridgehead atoms. The fourth-order valence-corrected chi connectivity index (χ4v) is 4.15. The number of guanidine groups is 1. The van der Waals surface area contributed by atoms with Gasteiger partial charge in [0.05, 0.1) is 0 Å². The first-order valence-corrected chi connectivity index (χ1v) is 9.12. The van der Waals surface area contributed by atoms with Gasteiger partial charge in [-0.2, -0.15) is 0 Å². The maximum Gasteiger partial charge on any atom is 0.188 e. The maximum atomic E-state index is 6.02. The van der Waals surface area contributed by atoms with E-state index in [0.717, 1.165) is 25.0 Å². The minimum atomic E-state index is 0.664. The first-order chi connectivity index (χ1) is 10.3. The first-order valence-electron chi connectivity index (χ1n) is 9.12. The van der Waals surface area contributed by atoms with Gasteiger partial charge in [0, 0.05) is 25.2 Å². The molecule has 0 aromatic carbocycles. The molecule has 0 spiro atoms. The number of hydrogen-bond donors (Lipinski definition) is 2. The number of aliphatic imine (C=N–C) groups is 1. The van der Waals surface area contributed by atoms with Gasteiger partial charge >= 0.3 is 0 Å². The monoisotopic (exact) mass is 292 g/mol. The summed E-state index contributed by atoms with van der Waals surface area (Å²) in [5, 5.41) is 3.38. The zero-order valence-corrected chi connectivity index (χ0v) is 13.4. The molecule has 1 saturated heterocycles. The van der Waals surface area contributed by atoms with Crippen LogP contribution in [0.25, 0.3) is 0 Å². The van der Waals surface area contributed by atoms with E-state index in [0.29, 0.717) is 12.0 Å². The number of nitrogens with zero attached hydrogens (tertiary/aromatic N) is 2. The third kappa shape index (κ3) is 4.12. The topological polar surface area (TPSA) is 53.6 Å². The first kappa shape index (κ1) is 15.1. The molecule has 3 fully saturated rings. The zero-order chi connectivity index (χ0) is 14.5. The van der Waals surface area contributed by atoms with Crippen LogP contribution in [-0.4, -0.2) is 42.6 Å². The lowest BCUT2D eigenvalue weighted by Gasteiger charge is -2.35. The van der Waals surface area contributed by atoms with Crippen molar-refractivity contribution in [3.63, 3.8) is 0 Å². The summed E-state index contributed by atoms with van der Waals surface area (Å²) in [7, 11) is 0. The highest BCUT2D eigenvalue weighted by molar-refractivity contribution is 5.77. The summed E-state index contributed by atoms with van der Waals surface area (Å²) in [6.07, 6.45) is 13.8. The summed E-state index contributed by atoms with van der Waals surface area (Å²) in [5.74, 6) is 1.47. The Morgan fingerprint density at radius 1 is 1.00 bits per heavy atom. The Hall–Kier alpha value is -0.770. The second-order valence-electron chi connectivity index (χ2n) is 7.23. The fourth-order valence-electron chi connectivity index (χ4n) is 4.15. The molecule has 2 aliphatic carbocycles. The molecular weight excluding hydrogens is 260 g/mol. The summed E-state index contributed by atoms with van der Waals surface area (Å²) in [6.45, 7) is 3.20. The largest absolute Gasteiger partial charge is 0.370 e. The summed E-state index contributed by atoms with van der Waals surface area (Å²) in [6, 6.07) is 1.51. The van der Waals surface area contributed by atoms with E-state index < -0.39 is 0 Å². The Kier molecular flexibility index (Phi) is 5.39. The van der Waals surface area contributed by atoms with Crippen molar-refractivity contribution in [1.82, 2.24) is 10.2 Å². The normalized spacial score (nSPS) is 29.5. The van der Waals surface area contributed by atoms with Gasteiger partial charge < -0.3 is 11.1 Å². The fraction of sp³-hybridized carbons (Fsp3) is 0.941. The van der Waals surface area contributed by atoms with Crippen molar-refractivity contribution in [1.29, 1.82) is 0 Å². The molecule has 0 aromatic rings. The van der Waals surface area contributed by atoms with Crippen LogP contribution in [0, 0.1) is 5.92 Å². The van der Waals surface area contributed by atoms with Gasteiger partial charge in [-0.25, -0.2) is 0 Å². The average Bonchev–Trinajstić information content (AvgIpc) is 2.93. The minimum absolute atomic E-state index is 0.664. The smallest absolute Gasteiger partial charge is 0.188 e. The van der Waals surface area contributed by atoms with Crippen molar-refractivity contribution < 1.29 is 0 Å². The number of hydrogen-bond acceptors (Lipinski definition) is 2. The van der Waals surface area contributed by atoms with E-state index in [1.165, 1.54) is 70.8 Å². The Labute approximate surface area is 129 Å². The molecule has 1 aliphatic heterocycles. The van der Waals surface area contributed by atoms with Crippen molar-refractivity contribution in [2.24, 2.45) is 16.6 Å². The van der Waals surface area contributed by atoms with Crippen molar-refractivity contribution in [2.75, 3.05) is 19.6 Å². The van der Waals surface area contributed by atoms with Crippen LogP contribution in [-0.2, 0) is 0 Å². The summed E-state index contributed by atoms with van der Waals surface area (Å²) >= 11 is 0. The second kappa shape index (κ2) is 7.48. The van der Waals surface area contributed by atoms with Gasteiger partial charge in [0.2, 0.25) is 0 Å². The lowest BCUT2D eigenvalue weighted by atomic mass is 9.86. The molecule has 1 heterocycles. The van der Waals surface area contributed by atoms with Crippen LogP contribution in [0.3, 0.4) is 0 Å². The van der Waals surface area contributed by atoms with Crippen molar-refractivity contribution in [3.05, 3.63) is 0 Å². The van der Waals surface area contributed by atoms with E-state index in [2.05, 4.69) is 15.2 Å². The van der Waals surface area contributed by atoms with Crippen LogP contribution in [0.15, 0.2) is 4.99 Å². The quantitative estimate of drug-likeness (QED) is 0.604. The van der Waals surface area contributed by atoms with E-state index >= 15 is 0 Å². The average molecular weight is 292 g/mol. The third-order valence-corrected chi connectivity index (χ3v) is 5.73. The van der Waals surface area contributed by atoms with E-state index in [1.807, 2.05) is 0 Å². The standard InChI is InChI=1S/C17H32N4/c18-17(19-12-14-6-4-7-14)20-13-16-10-5-11-21(16)15-8-2-1-3-9-15/h14-16H,1-13H2,(H3,18,19,20). The van der Waals surface area contributed by atoms with Crippen LogP contribution in [0.1, 0.15) is 64.2 Å². The highest BCUT2D eigenvalue weighted by atomic mass is 15.2. The molecule has 0 aromatic heterocycles. The SMILES string of the molecule is NC(=NCC1CCC1)NCC1CCCN1C1CCCCC1. The number of nitrogens with two attached hydrogens (primary N) is 1. The van der Waals surface area contributed by atoms with E-state index in [9.17, 15) is 0 Å². The van der Waals surface area contributed by atoms with E-state index in [4.69, 9.17) is 5.73 Å². The Morgan fingerprint density at radius 3 is 2.52 bits per heavy atom. The number of rotatable bonds is 5. The summed E-state index contributed by atoms with van der Waals surface area (Å²) in [5.41, 5.74) is 6.02. The molecule has 0 radical (unpaired) electrons. The molecule has 1 unspecified atom stereocenters. The number of nitrogens with one attached hydrogen (secondary N) is 1. The van der Waals surface area contributed by atoms with Crippen LogP contribution in [0.5, 0.6) is 0 Å². The molecule has 2 saturated carbocycles. The third-order valence-electron chi connectivity index (χ3n) is 5.73. The van der Waals surface area contributed by atoms with Crippen molar-refractivity contribution in [3.8, 4) is 0 Å². The lowest BCUT2D eigenvalue weighted by Crippen LogP contribution is -2.47. The summed E-state index contributed by atoms with van der Waals surface area (Å²) < 4.78 is 0. The molecule has 3 N–H and O–H groups in total. The molecule has 4 nitrogen and oxygen atoms in total. The maximum absolute atomic E-state index is 6.02. The van der Waals surface area contributed by atoms with Crippen molar-refractivity contribution >= 4 is 5.96 Å². The van der Waals surface area contributed by atoms with Gasteiger partial charge in [0.25, 0.3) is 0 Å². The van der Waals surface area contributed by atoms with Crippen LogP contribution in [0.2, 0.25) is 0 Å². The molecule has 4 heteroatoms. The number of likely N-dealkylation sites (tertiary alicyclic amines) is 1. The van der Waals surface area contributed by atoms with Crippen LogP contribution in [0.4, 0.5) is 0 Å². The Morgan fingerprint density at radius 2 is 1.81 bits per heavy atom. The highest BCUT2D eigenvalue weighted by Gasteiger charge is 2.31. The second-order valence-corrected chi connectivity index (χ2v) is 7.23. The zero-order valence-electron chi connectivity index (χ0n) is 13.4. The van der Waals surface area contributed by atoms with E-state index in [-0.39, 0.29) is 0 Å². The highest BCUT2D eigenvalue weighted by Crippen LogP contribution is 2.29. The molecule has 1 atom stereocenters. The molecular formula is C17H32N4. The predicted molar refractivity (Wildman–Crippen MR) is 88.4 cm³/mol. The van der Waals surface area contributed by atoms with Gasteiger partial charge in [0.1, 0.15) is 0 Å². The van der Waals surface area contributed by atoms with Gasteiger partial charge in [-0.05, 0) is 51.0 Å². The Bertz CT molecular complexity index is 345. The predicted octanol–water partition coefficient (Wildman–Crippen LogP) is 2.49. The van der Waals surface area contributed by atoms with Gasteiger partial charge in [-0.1, -0.05) is 25.7 Å². The van der Waals surface area contributed by atoms with Crippen LogP contribution >= 0.6 is 0 Å². The molecule has 3 aliphatic rings. The lowest BCUT2D eigenvalue weighted by molar-refractivity contribution is 0.143. The minimum Gasteiger partial charge on any atom is -0.370 e. The molecule has 120 valence electrons. The van der Waals surface area contributed by atoms with Gasteiger partial charge in [-0.15, -0.1) is 0 Å². The van der Waals surface area contributed by atoms with Crippen LogP contribution < -0.4 is 11.1 Å². The molecule has 3 rings (SSSR count). The van der Waals surface area contributed by atoms with Gasteiger partial charge in [-0.3, -0.25) is 9.89 Å². The van der Waals surface area contributed by atoms with E-state index in [1.54, 1.807) is 0 Å². The van der Waals surface area contributed by atoms with Gasteiger partial charge in [0.15, 0.2) is 5.96 Å². The molecule has 21 heavy (non-hydrogen) atoms. The molecule has 0 amide bonds.